The zero-order valence-corrected chi connectivity index (χ0v) is 30.2. The minimum atomic E-state index is -1.07. The SMILES string of the molecule is O=C(O)COCCCc1c(Cl)cc2c(cnn2C2CCCCO2)c1-c1ncc2c(N3CCC[C@@H](O)C3)nc(OC[C@@]34CCCN3C[C@H](F)C4)nc2c1F. The summed E-state index contributed by atoms with van der Waals surface area (Å²) in [5.41, 5.74) is 1.28. The van der Waals surface area contributed by atoms with Gasteiger partial charge in [0.15, 0.2) is 12.0 Å². The van der Waals surface area contributed by atoms with Gasteiger partial charge in [0.2, 0.25) is 0 Å². The summed E-state index contributed by atoms with van der Waals surface area (Å²) in [5.74, 6) is -1.36. The Morgan fingerprint density at radius 1 is 1.11 bits per heavy atom. The van der Waals surface area contributed by atoms with Gasteiger partial charge in [0.05, 0.1) is 28.7 Å². The topological polar surface area (TPSA) is 148 Å². The first-order valence-electron chi connectivity index (χ1n) is 18.6. The van der Waals surface area contributed by atoms with Crippen molar-refractivity contribution in [1.29, 1.82) is 0 Å². The van der Waals surface area contributed by atoms with Crippen LogP contribution in [0, 0.1) is 5.82 Å². The molecule has 3 aromatic heterocycles. The van der Waals surface area contributed by atoms with Crippen LogP contribution in [0.15, 0.2) is 18.5 Å². The molecule has 0 saturated carbocycles. The molecule has 4 aromatic rings. The second-order valence-corrected chi connectivity index (χ2v) is 15.1. The van der Waals surface area contributed by atoms with Gasteiger partial charge in [0.1, 0.15) is 36.4 Å². The molecular weight excluding hydrogens is 712 g/mol. The van der Waals surface area contributed by atoms with Crippen LogP contribution in [0.25, 0.3) is 33.1 Å². The molecule has 4 fully saturated rings. The van der Waals surface area contributed by atoms with E-state index in [1.807, 2.05) is 11.0 Å². The van der Waals surface area contributed by atoms with Crippen LogP contribution in [-0.4, -0.2) is 116 Å². The average Bonchev–Trinajstić information content (AvgIpc) is 3.83. The Hall–Kier alpha value is -3.76. The monoisotopic (exact) mass is 755 g/mol. The number of hydrogen-bond donors (Lipinski definition) is 2. The molecule has 0 amide bonds. The molecule has 2 N–H and O–H groups in total. The molecule has 13 nitrogen and oxygen atoms in total. The number of piperidine rings is 1. The summed E-state index contributed by atoms with van der Waals surface area (Å²) in [6.07, 6.45) is 8.37. The Balaban J connectivity index is 1.24. The summed E-state index contributed by atoms with van der Waals surface area (Å²) < 4.78 is 51.4. The predicted octanol–water partition coefficient (Wildman–Crippen LogP) is 5.48. The molecule has 7 heterocycles. The Morgan fingerprint density at radius 3 is 2.81 bits per heavy atom. The summed E-state index contributed by atoms with van der Waals surface area (Å²) in [7, 11) is 0. The van der Waals surface area contributed by atoms with Crippen molar-refractivity contribution in [3.05, 3.63) is 34.9 Å². The number of carboxylic acid groups (broad SMARTS) is 1. The normalized spacial score (nSPS) is 25.1. The van der Waals surface area contributed by atoms with Crippen molar-refractivity contribution in [2.75, 3.05) is 57.5 Å². The van der Waals surface area contributed by atoms with Crippen molar-refractivity contribution in [1.82, 2.24) is 29.6 Å². The number of rotatable bonds is 12. The molecule has 0 spiro atoms. The minimum absolute atomic E-state index is 0.00231. The molecule has 4 atom stereocenters. The molecule has 0 radical (unpaired) electrons. The number of aliphatic hydroxyl groups excluding tert-OH is 1. The fraction of sp³-hybridized carbons (Fsp3) is 0.595. The lowest BCUT2D eigenvalue weighted by atomic mass is 9.95. The van der Waals surface area contributed by atoms with E-state index in [2.05, 4.69) is 15.0 Å². The number of β-amino-alcohol motifs (C(OH)–C–C–N with tert-alkyl or cyclic N) is 1. The average molecular weight is 756 g/mol. The molecular formula is C37H44ClF2N7O6. The van der Waals surface area contributed by atoms with Crippen molar-refractivity contribution >= 4 is 45.2 Å². The lowest BCUT2D eigenvalue weighted by Crippen LogP contribution is -2.43. The van der Waals surface area contributed by atoms with Gasteiger partial charge in [-0.3, -0.25) is 9.88 Å². The number of aromatic nitrogens is 5. The molecule has 1 aromatic carbocycles. The fourth-order valence-corrected chi connectivity index (χ4v) is 8.96. The maximum Gasteiger partial charge on any atom is 0.329 e. The van der Waals surface area contributed by atoms with Crippen molar-refractivity contribution in [3.63, 3.8) is 0 Å². The molecule has 4 aliphatic rings. The van der Waals surface area contributed by atoms with Gasteiger partial charge in [-0.2, -0.15) is 15.1 Å². The van der Waals surface area contributed by atoms with Crippen LogP contribution < -0.4 is 9.64 Å². The number of ether oxygens (including phenoxy) is 3. The van der Waals surface area contributed by atoms with Gasteiger partial charge in [-0.1, -0.05) is 11.6 Å². The molecule has 284 valence electrons. The third kappa shape index (κ3) is 7.13. The van der Waals surface area contributed by atoms with E-state index in [0.717, 1.165) is 45.1 Å². The molecule has 4 saturated heterocycles. The highest BCUT2D eigenvalue weighted by molar-refractivity contribution is 6.33. The van der Waals surface area contributed by atoms with E-state index in [1.54, 1.807) is 17.1 Å². The smallest absolute Gasteiger partial charge is 0.329 e. The number of hydrogen-bond acceptors (Lipinski definition) is 11. The summed E-state index contributed by atoms with van der Waals surface area (Å²) >= 11 is 7.01. The van der Waals surface area contributed by atoms with Gasteiger partial charge in [-0.15, -0.1) is 0 Å². The molecule has 8 rings (SSSR count). The van der Waals surface area contributed by atoms with Gasteiger partial charge in [-0.05, 0) is 76.0 Å². The van der Waals surface area contributed by atoms with Gasteiger partial charge < -0.3 is 29.3 Å². The number of carbonyl (C=O) groups is 1. The summed E-state index contributed by atoms with van der Waals surface area (Å²) in [6.45, 7) is 2.58. The second kappa shape index (κ2) is 15.2. The van der Waals surface area contributed by atoms with E-state index in [0.29, 0.717) is 90.2 Å². The van der Waals surface area contributed by atoms with E-state index < -0.39 is 36.2 Å². The lowest BCUT2D eigenvalue weighted by molar-refractivity contribution is -0.142. The Labute approximate surface area is 310 Å². The number of benzene rings is 1. The molecule has 1 unspecified atom stereocenters. The maximum atomic E-state index is 17.4. The first-order valence-corrected chi connectivity index (χ1v) is 19.0. The maximum absolute atomic E-state index is 17.4. The highest BCUT2D eigenvalue weighted by Gasteiger charge is 2.49. The van der Waals surface area contributed by atoms with Crippen LogP contribution in [0.1, 0.15) is 69.6 Å². The number of aliphatic hydroxyl groups is 1. The number of nitrogens with zero attached hydrogens (tertiary/aromatic N) is 7. The number of halogens is 3. The van der Waals surface area contributed by atoms with Gasteiger partial charge in [0, 0.05) is 61.4 Å². The van der Waals surface area contributed by atoms with Crippen LogP contribution in [-0.2, 0) is 20.7 Å². The number of alkyl halides is 1. The van der Waals surface area contributed by atoms with Gasteiger partial charge in [-0.25, -0.2) is 18.3 Å². The highest BCUT2D eigenvalue weighted by atomic mass is 35.5. The summed E-state index contributed by atoms with van der Waals surface area (Å²) in [5, 5.41) is 25.6. The first-order chi connectivity index (χ1) is 25.7. The van der Waals surface area contributed by atoms with Gasteiger partial charge >= 0.3 is 12.0 Å². The molecule has 4 aliphatic heterocycles. The fourth-order valence-electron chi connectivity index (χ4n) is 8.67. The molecule has 0 aliphatic carbocycles. The number of fused-ring (bicyclic) bond motifs is 3. The molecule has 16 heteroatoms. The quantitative estimate of drug-likeness (QED) is 0.176. The largest absolute Gasteiger partial charge is 0.480 e. The van der Waals surface area contributed by atoms with Crippen LogP contribution >= 0.6 is 11.6 Å². The Morgan fingerprint density at radius 2 is 2.00 bits per heavy atom. The van der Waals surface area contributed by atoms with Crippen molar-refractivity contribution < 1.29 is 38.0 Å². The van der Waals surface area contributed by atoms with Crippen molar-refractivity contribution in [3.8, 4) is 17.3 Å². The highest BCUT2D eigenvalue weighted by Crippen LogP contribution is 2.43. The zero-order chi connectivity index (χ0) is 36.7. The second-order valence-electron chi connectivity index (χ2n) is 14.7. The third-order valence-corrected chi connectivity index (χ3v) is 11.5. The van der Waals surface area contributed by atoms with E-state index in [-0.39, 0.29) is 36.7 Å². The lowest BCUT2D eigenvalue weighted by Gasteiger charge is -2.32. The van der Waals surface area contributed by atoms with Crippen LogP contribution in [0.4, 0.5) is 14.6 Å². The molecule has 0 bridgehead atoms. The van der Waals surface area contributed by atoms with E-state index in [4.69, 9.17) is 40.9 Å². The summed E-state index contributed by atoms with van der Waals surface area (Å²) in [6, 6.07) is 1.78. The number of aliphatic carboxylic acids is 1. The number of carboxylic acids is 1. The number of pyridine rings is 1. The first kappa shape index (κ1) is 36.2. The zero-order valence-electron chi connectivity index (χ0n) is 29.5. The molecule has 53 heavy (non-hydrogen) atoms. The van der Waals surface area contributed by atoms with Crippen LogP contribution in [0.3, 0.4) is 0 Å². The Kier molecular flexibility index (Phi) is 10.4. The third-order valence-electron chi connectivity index (χ3n) is 11.1. The van der Waals surface area contributed by atoms with E-state index >= 15 is 4.39 Å². The van der Waals surface area contributed by atoms with E-state index in [1.165, 1.54) is 0 Å². The van der Waals surface area contributed by atoms with E-state index in [9.17, 15) is 14.3 Å². The summed E-state index contributed by atoms with van der Waals surface area (Å²) in [4.78, 5) is 29.2. The minimum Gasteiger partial charge on any atom is -0.480 e. The van der Waals surface area contributed by atoms with Crippen LogP contribution in [0.5, 0.6) is 6.01 Å². The number of anilines is 1. The van der Waals surface area contributed by atoms with Crippen molar-refractivity contribution in [2.24, 2.45) is 0 Å². The standard InChI is InChI=1S/C37H44ClF2N7O6/c38-27-14-28-25(17-42-47(28)29-8-1-2-13-52-29)31(24(27)7-4-12-51-20-30(49)50)34-32(40)33-26(16-41-34)35(45-10-3-6-23(48)19-45)44-36(43-33)53-21-37-9-5-11-46(37)18-22(39)15-37/h14,16-17,22-23,29,48H,1-13,15,18-21H2,(H,49,50)/t22-,23-,29?,37+/m1/s1. The Bertz CT molecular complexity index is 2000. The van der Waals surface area contributed by atoms with Gasteiger partial charge in [0.25, 0.3) is 0 Å². The van der Waals surface area contributed by atoms with Crippen LogP contribution in [0.2, 0.25) is 5.02 Å². The predicted molar refractivity (Wildman–Crippen MR) is 193 cm³/mol. The van der Waals surface area contributed by atoms with Crippen molar-refractivity contribution in [2.45, 2.75) is 88.3 Å².